The Morgan fingerprint density at radius 2 is 1.17 bits per heavy atom. The molecule has 0 N–H and O–H groups in total. The number of benzene rings is 4. The molecule has 1 aliphatic carbocycles. The predicted molar refractivity (Wildman–Crippen MR) is 133 cm³/mol. The number of rotatable bonds is 4. The monoisotopic (exact) mass is 409 g/mol. The third-order valence-corrected chi connectivity index (χ3v) is 8.56. The van der Waals surface area contributed by atoms with E-state index >= 15 is 0 Å². The van der Waals surface area contributed by atoms with E-state index in [1.54, 1.807) is 0 Å². The Hall–Kier alpha value is -1.74. The zero-order valence-electron chi connectivity index (χ0n) is 16.4. The second-order valence-corrected chi connectivity index (χ2v) is 10.6. The number of fused-ring (bicyclic) bond motifs is 2. The molecule has 0 nitrogen and oxygen atoms in total. The summed E-state index contributed by atoms with van der Waals surface area (Å²) in [5, 5.41) is 8.21. The fourth-order valence-electron chi connectivity index (χ4n) is 4.21. The van der Waals surface area contributed by atoms with Crippen LogP contribution in [0.3, 0.4) is 0 Å². The van der Waals surface area contributed by atoms with Crippen molar-refractivity contribution in [3.8, 4) is 0 Å². The number of hydrogen-bond donors (Lipinski definition) is 0. The van der Waals surface area contributed by atoms with Crippen molar-refractivity contribution in [1.29, 1.82) is 0 Å². The molecule has 1 fully saturated rings. The quantitative estimate of drug-likeness (QED) is 0.341. The summed E-state index contributed by atoms with van der Waals surface area (Å²) in [5.74, 6) is 1.43. The Morgan fingerprint density at radius 3 is 1.72 bits per heavy atom. The average Bonchev–Trinajstić information content (AvgIpc) is 3.24. The van der Waals surface area contributed by atoms with Crippen molar-refractivity contribution < 1.29 is 0 Å². The molecule has 0 aliphatic heterocycles. The van der Waals surface area contributed by atoms with Gasteiger partial charge in [-0.1, -0.05) is 91.9 Å². The summed E-state index contributed by atoms with van der Waals surface area (Å²) in [5.41, 5.74) is 1.89. The van der Waals surface area contributed by atoms with Crippen LogP contribution in [-0.2, 0) is 0 Å². The van der Waals surface area contributed by atoms with Gasteiger partial charge < -0.3 is 0 Å². The Bertz CT molecular complexity index is 1060. The van der Waals surface area contributed by atoms with Gasteiger partial charge in [-0.3, -0.25) is 0 Å². The molecular weight excluding hydrogens is 386 g/mol. The van der Waals surface area contributed by atoms with Crippen LogP contribution < -0.4 is 10.6 Å². The maximum absolute atomic E-state index is 2.98. The van der Waals surface area contributed by atoms with Gasteiger partial charge in [0.2, 0.25) is 0 Å². The molecule has 5 rings (SSSR count). The Morgan fingerprint density at radius 1 is 0.655 bits per heavy atom. The first-order valence-electron chi connectivity index (χ1n) is 10.0. The molecular formula is C27H23P2. The van der Waals surface area contributed by atoms with Crippen LogP contribution in [0.1, 0.15) is 6.92 Å². The van der Waals surface area contributed by atoms with Crippen molar-refractivity contribution in [3.05, 3.63) is 116 Å². The van der Waals surface area contributed by atoms with Gasteiger partial charge >= 0.3 is 0 Å². The summed E-state index contributed by atoms with van der Waals surface area (Å²) in [6.45, 7) is 2.27. The van der Waals surface area contributed by atoms with Gasteiger partial charge in [0.15, 0.2) is 0 Å². The van der Waals surface area contributed by atoms with E-state index in [2.05, 4.69) is 120 Å². The van der Waals surface area contributed by atoms with Crippen LogP contribution in [0.25, 0.3) is 21.5 Å². The largest absolute Gasteiger partial charge is 0.134 e. The summed E-state index contributed by atoms with van der Waals surface area (Å²) in [4.78, 5) is 0. The molecule has 141 valence electrons. The highest BCUT2D eigenvalue weighted by molar-refractivity contribution is 7.77. The molecule has 0 bridgehead atoms. The molecule has 1 unspecified atom stereocenters. The van der Waals surface area contributed by atoms with Gasteiger partial charge in [0.05, 0.1) is 0 Å². The highest BCUT2D eigenvalue weighted by Crippen LogP contribution is 2.59. The average molecular weight is 409 g/mol. The van der Waals surface area contributed by atoms with E-state index in [0.717, 1.165) is 0 Å². The smallest absolute Gasteiger partial charge is 0.0201 e. The van der Waals surface area contributed by atoms with E-state index in [4.69, 9.17) is 0 Å². The van der Waals surface area contributed by atoms with E-state index in [0.29, 0.717) is 5.66 Å². The van der Waals surface area contributed by atoms with Gasteiger partial charge in [-0.15, -0.1) is 9.24 Å². The first-order chi connectivity index (χ1) is 14.2. The van der Waals surface area contributed by atoms with Crippen molar-refractivity contribution >= 4 is 49.3 Å². The van der Waals surface area contributed by atoms with E-state index in [9.17, 15) is 0 Å². The molecule has 1 aliphatic rings. The lowest BCUT2D eigenvalue weighted by molar-refractivity contribution is 1.01. The maximum atomic E-state index is 2.98. The summed E-state index contributed by atoms with van der Waals surface area (Å²) in [6.07, 6.45) is 6.85. The normalized spacial score (nSPS) is 16.8. The van der Waals surface area contributed by atoms with Gasteiger partial charge in [0.25, 0.3) is 0 Å². The third-order valence-electron chi connectivity index (χ3n) is 5.57. The molecule has 0 heterocycles. The molecule has 2 heteroatoms. The minimum Gasteiger partial charge on any atom is -0.134 e. The summed E-state index contributed by atoms with van der Waals surface area (Å²) >= 11 is 0. The Kier molecular flexibility index (Phi) is 5.43. The van der Waals surface area contributed by atoms with Crippen LogP contribution in [0.4, 0.5) is 0 Å². The second kappa shape index (κ2) is 8.18. The zero-order valence-corrected chi connectivity index (χ0v) is 18.5. The van der Waals surface area contributed by atoms with Crippen LogP contribution >= 0.6 is 17.2 Å². The lowest BCUT2D eigenvalue weighted by Gasteiger charge is -2.32. The number of hydrogen-bond acceptors (Lipinski definition) is 0. The van der Waals surface area contributed by atoms with Crippen LogP contribution in [0.5, 0.6) is 0 Å². The molecule has 1 saturated carbocycles. The summed E-state index contributed by atoms with van der Waals surface area (Å²) in [6, 6.07) is 31.1. The highest BCUT2D eigenvalue weighted by Gasteiger charge is 2.39. The molecule has 0 spiro atoms. The Labute approximate surface area is 177 Å². The van der Waals surface area contributed by atoms with Crippen LogP contribution in [0.15, 0.2) is 84.9 Å². The van der Waals surface area contributed by atoms with E-state index < -0.39 is 7.92 Å². The van der Waals surface area contributed by atoms with Crippen molar-refractivity contribution in [2.24, 2.45) is 0 Å². The van der Waals surface area contributed by atoms with E-state index in [-0.39, 0.29) is 0 Å². The first kappa shape index (κ1) is 19.2. The molecule has 0 amide bonds. The molecule has 5 radical (unpaired) electrons. The predicted octanol–water partition coefficient (Wildman–Crippen LogP) is 6.42. The minimum absolute atomic E-state index is 0.426. The molecule has 2 atom stereocenters. The molecule has 4 aromatic carbocycles. The van der Waals surface area contributed by atoms with Gasteiger partial charge in [-0.05, 0) is 70.9 Å². The van der Waals surface area contributed by atoms with Gasteiger partial charge in [0.1, 0.15) is 0 Å². The highest BCUT2D eigenvalue weighted by atomic mass is 31.1. The fraction of sp³-hybridized carbons (Fsp3) is 0.0741. The lowest BCUT2D eigenvalue weighted by atomic mass is 10.0. The van der Waals surface area contributed by atoms with Crippen molar-refractivity contribution in [2.75, 3.05) is 0 Å². The summed E-state index contributed by atoms with van der Waals surface area (Å²) in [7, 11) is 2.31. The van der Waals surface area contributed by atoms with Gasteiger partial charge in [-0.2, -0.15) is 0 Å². The van der Waals surface area contributed by atoms with Crippen molar-refractivity contribution in [1.82, 2.24) is 0 Å². The van der Waals surface area contributed by atoms with Gasteiger partial charge in [-0.25, -0.2) is 0 Å². The van der Waals surface area contributed by atoms with Crippen LogP contribution in [0.2, 0.25) is 0 Å². The topological polar surface area (TPSA) is 0 Å². The maximum Gasteiger partial charge on any atom is 0.0201 e. The van der Waals surface area contributed by atoms with E-state index in [1.165, 1.54) is 43.7 Å². The zero-order chi connectivity index (χ0) is 19.8. The van der Waals surface area contributed by atoms with Crippen LogP contribution in [0, 0.1) is 30.8 Å². The molecule has 4 aromatic rings. The molecule has 0 aromatic heterocycles. The SMILES string of the molecule is C[C@H](P)[C]1[CH][CH][CH][C]1P(c1cccc2ccccc12)c1cccc2ccccc12. The van der Waals surface area contributed by atoms with Crippen molar-refractivity contribution in [3.63, 3.8) is 0 Å². The molecule has 29 heavy (non-hydrogen) atoms. The lowest BCUT2D eigenvalue weighted by Crippen LogP contribution is -2.23. The van der Waals surface area contributed by atoms with E-state index in [1.807, 2.05) is 0 Å². The van der Waals surface area contributed by atoms with Crippen LogP contribution in [-0.4, -0.2) is 5.66 Å². The minimum atomic E-state index is -0.675. The summed E-state index contributed by atoms with van der Waals surface area (Å²) < 4.78 is 0. The fourth-order valence-corrected chi connectivity index (χ4v) is 7.55. The second-order valence-electron chi connectivity index (χ2n) is 7.49. The molecule has 0 saturated heterocycles. The van der Waals surface area contributed by atoms with Gasteiger partial charge in [0, 0.05) is 5.66 Å². The first-order valence-corrected chi connectivity index (χ1v) is 12.0. The third kappa shape index (κ3) is 3.52. The standard InChI is InChI=1S/C27H23P2/c1-19(28)22-15-8-18-25(22)29(26-16-6-11-20-9-2-4-13-23(20)26)27-17-7-12-21-10-3-5-14-24(21)27/h2-19H,28H2,1H3/t19-/m0/s1. The Balaban J connectivity index is 1.78. The van der Waals surface area contributed by atoms with Crippen molar-refractivity contribution in [2.45, 2.75) is 12.6 Å².